The first-order valence-electron chi connectivity index (χ1n) is 7.34. The highest BCUT2D eigenvalue weighted by Gasteiger charge is 2.09. The molecule has 0 aliphatic carbocycles. The van der Waals surface area contributed by atoms with Crippen molar-refractivity contribution in [1.29, 1.82) is 0 Å². The lowest BCUT2D eigenvalue weighted by Crippen LogP contribution is -2.26. The third-order valence-corrected chi connectivity index (χ3v) is 4.53. The van der Waals surface area contributed by atoms with E-state index in [9.17, 15) is 9.59 Å². The number of nitrogens with zero attached hydrogens (tertiary/aromatic N) is 1. The van der Waals surface area contributed by atoms with Gasteiger partial charge in [-0.3, -0.25) is 4.79 Å². The van der Waals surface area contributed by atoms with Crippen LogP contribution in [0.4, 0.5) is 5.69 Å². The first-order valence-corrected chi connectivity index (χ1v) is 8.16. The molecule has 0 saturated carbocycles. The number of carboxylic acid groups (broad SMARTS) is 1. The number of nitrogens with one attached hydrogen (secondary N) is 2. The van der Waals surface area contributed by atoms with Crippen LogP contribution in [0.25, 0.3) is 0 Å². The summed E-state index contributed by atoms with van der Waals surface area (Å²) in [7, 11) is 0. The molecule has 1 aromatic carbocycles. The standard InChI is InChI=1S/C17H19N3O3S/c1-10-4-5-13(11(2)8-10)18-9-16(21)20-19-12(3)14-6-7-15(24-14)17(22)23/h4-8,18H,9H2,1-3H3,(H,20,21)(H,22,23)/b19-12+. The summed E-state index contributed by atoms with van der Waals surface area (Å²) in [4.78, 5) is 23.7. The number of hydrogen-bond acceptors (Lipinski definition) is 5. The number of hydrazone groups is 1. The summed E-state index contributed by atoms with van der Waals surface area (Å²) in [6.07, 6.45) is 0. The van der Waals surface area contributed by atoms with E-state index in [0.29, 0.717) is 10.6 Å². The Balaban J connectivity index is 1.90. The normalized spacial score (nSPS) is 11.2. The zero-order valence-electron chi connectivity index (χ0n) is 13.7. The summed E-state index contributed by atoms with van der Waals surface area (Å²) in [5.41, 5.74) is 6.17. The van der Waals surface area contributed by atoms with Crippen molar-refractivity contribution in [2.45, 2.75) is 20.8 Å². The number of aromatic carboxylic acids is 1. The number of hydrogen-bond donors (Lipinski definition) is 3. The Morgan fingerprint density at radius 2 is 1.88 bits per heavy atom. The van der Waals surface area contributed by atoms with Gasteiger partial charge in [0.1, 0.15) is 4.88 Å². The van der Waals surface area contributed by atoms with Crippen LogP contribution in [0.2, 0.25) is 0 Å². The van der Waals surface area contributed by atoms with E-state index in [1.165, 1.54) is 11.6 Å². The molecule has 0 aliphatic rings. The Morgan fingerprint density at radius 3 is 2.50 bits per heavy atom. The Bertz CT molecular complexity index is 796. The lowest BCUT2D eigenvalue weighted by Gasteiger charge is -2.09. The van der Waals surface area contributed by atoms with Crippen molar-refractivity contribution in [1.82, 2.24) is 5.43 Å². The molecule has 0 spiro atoms. The fourth-order valence-electron chi connectivity index (χ4n) is 2.08. The van der Waals surface area contributed by atoms with Gasteiger partial charge in [0.15, 0.2) is 0 Å². The van der Waals surface area contributed by atoms with Crippen LogP contribution in [0.3, 0.4) is 0 Å². The molecule has 2 aromatic rings. The summed E-state index contributed by atoms with van der Waals surface area (Å²) in [5, 5.41) is 16.0. The molecule has 0 unspecified atom stereocenters. The lowest BCUT2D eigenvalue weighted by atomic mass is 10.1. The van der Waals surface area contributed by atoms with Gasteiger partial charge in [0, 0.05) is 5.69 Å². The minimum Gasteiger partial charge on any atom is -0.477 e. The molecule has 1 heterocycles. The van der Waals surface area contributed by atoms with Gasteiger partial charge in [-0.25, -0.2) is 10.2 Å². The molecule has 24 heavy (non-hydrogen) atoms. The van der Waals surface area contributed by atoms with Gasteiger partial charge < -0.3 is 10.4 Å². The Hall–Kier alpha value is -2.67. The van der Waals surface area contributed by atoms with Crippen LogP contribution in [0.1, 0.15) is 32.6 Å². The van der Waals surface area contributed by atoms with Crippen LogP contribution in [0.15, 0.2) is 35.4 Å². The maximum Gasteiger partial charge on any atom is 0.345 e. The lowest BCUT2D eigenvalue weighted by molar-refractivity contribution is -0.119. The molecule has 1 amide bonds. The Kier molecular flexibility index (Phi) is 5.70. The van der Waals surface area contributed by atoms with E-state index < -0.39 is 5.97 Å². The van der Waals surface area contributed by atoms with E-state index in [1.807, 2.05) is 32.0 Å². The van der Waals surface area contributed by atoms with Gasteiger partial charge in [0.2, 0.25) is 0 Å². The van der Waals surface area contributed by atoms with Gasteiger partial charge in [-0.15, -0.1) is 11.3 Å². The number of anilines is 1. The predicted molar refractivity (Wildman–Crippen MR) is 96.0 cm³/mol. The third kappa shape index (κ3) is 4.66. The number of carbonyl (C=O) groups is 2. The average Bonchev–Trinajstić information content (AvgIpc) is 3.02. The second-order valence-corrected chi connectivity index (χ2v) is 6.46. The van der Waals surface area contributed by atoms with Gasteiger partial charge in [-0.05, 0) is 44.5 Å². The monoisotopic (exact) mass is 345 g/mol. The van der Waals surface area contributed by atoms with Crippen molar-refractivity contribution >= 4 is 34.6 Å². The zero-order valence-corrected chi connectivity index (χ0v) is 14.5. The Morgan fingerprint density at radius 1 is 1.17 bits per heavy atom. The highest BCUT2D eigenvalue weighted by atomic mass is 32.1. The molecular weight excluding hydrogens is 326 g/mol. The van der Waals surface area contributed by atoms with Crippen LogP contribution in [0.5, 0.6) is 0 Å². The summed E-state index contributed by atoms with van der Waals surface area (Å²) >= 11 is 1.12. The quantitative estimate of drug-likeness (QED) is 0.554. The molecule has 0 fully saturated rings. The van der Waals surface area contributed by atoms with Crippen molar-refractivity contribution in [3.63, 3.8) is 0 Å². The van der Waals surface area contributed by atoms with Gasteiger partial charge in [-0.2, -0.15) is 5.10 Å². The van der Waals surface area contributed by atoms with Crippen LogP contribution in [0, 0.1) is 13.8 Å². The molecule has 0 atom stereocenters. The summed E-state index contributed by atoms with van der Waals surface area (Å²) in [5.74, 6) is -1.25. The summed E-state index contributed by atoms with van der Waals surface area (Å²) in [6, 6.07) is 9.15. The Labute approximate surface area is 144 Å². The number of benzene rings is 1. The molecule has 1 aromatic heterocycles. The maximum atomic E-state index is 11.9. The molecule has 126 valence electrons. The molecule has 2 rings (SSSR count). The van der Waals surface area contributed by atoms with E-state index in [-0.39, 0.29) is 17.3 Å². The summed E-state index contributed by atoms with van der Waals surface area (Å²) in [6.45, 7) is 5.81. The maximum absolute atomic E-state index is 11.9. The van der Waals surface area contributed by atoms with Crippen molar-refractivity contribution in [3.8, 4) is 0 Å². The number of thiophene rings is 1. The van der Waals surface area contributed by atoms with Crippen LogP contribution < -0.4 is 10.7 Å². The van der Waals surface area contributed by atoms with E-state index in [0.717, 1.165) is 22.6 Å². The number of carbonyl (C=O) groups excluding carboxylic acids is 1. The third-order valence-electron chi connectivity index (χ3n) is 3.34. The molecular formula is C17H19N3O3S. The number of aryl methyl sites for hydroxylation is 2. The number of amides is 1. The summed E-state index contributed by atoms with van der Waals surface area (Å²) < 4.78 is 0. The highest BCUT2D eigenvalue weighted by molar-refractivity contribution is 7.15. The van der Waals surface area contributed by atoms with Crippen molar-refractivity contribution in [2.24, 2.45) is 5.10 Å². The smallest absolute Gasteiger partial charge is 0.345 e. The first kappa shape index (κ1) is 17.7. The number of rotatable bonds is 6. The van der Waals surface area contributed by atoms with Crippen molar-refractivity contribution in [3.05, 3.63) is 51.2 Å². The van der Waals surface area contributed by atoms with Gasteiger partial charge in [-0.1, -0.05) is 17.7 Å². The molecule has 0 saturated heterocycles. The van der Waals surface area contributed by atoms with Crippen LogP contribution >= 0.6 is 11.3 Å². The fourth-order valence-corrected chi connectivity index (χ4v) is 2.87. The molecule has 0 radical (unpaired) electrons. The van der Waals surface area contributed by atoms with Crippen molar-refractivity contribution in [2.75, 3.05) is 11.9 Å². The van der Waals surface area contributed by atoms with E-state index in [2.05, 4.69) is 15.8 Å². The van der Waals surface area contributed by atoms with Crippen LogP contribution in [-0.2, 0) is 4.79 Å². The van der Waals surface area contributed by atoms with Crippen LogP contribution in [-0.4, -0.2) is 29.2 Å². The molecule has 7 heteroatoms. The largest absolute Gasteiger partial charge is 0.477 e. The minimum atomic E-state index is -0.972. The highest BCUT2D eigenvalue weighted by Crippen LogP contribution is 2.17. The van der Waals surface area contributed by atoms with Gasteiger partial charge in [0.05, 0.1) is 17.1 Å². The molecule has 0 aliphatic heterocycles. The average molecular weight is 345 g/mol. The van der Waals surface area contributed by atoms with Gasteiger partial charge in [0.25, 0.3) is 5.91 Å². The van der Waals surface area contributed by atoms with Gasteiger partial charge >= 0.3 is 5.97 Å². The second-order valence-electron chi connectivity index (χ2n) is 5.37. The number of carboxylic acids is 1. The molecule has 6 nitrogen and oxygen atoms in total. The minimum absolute atomic E-state index is 0.103. The SMILES string of the molecule is C/C(=N\NC(=O)CNc1ccc(C)cc1C)c1ccc(C(=O)O)s1. The van der Waals surface area contributed by atoms with E-state index in [4.69, 9.17) is 5.11 Å². The zero-order chi connectivity index (χ0) is 17.7. The van der Waals surface area contributed by atoms with Crippen molar-refractivity contribution < 1.29 is 14.7 Å². The first-order chi connectivity index (χ1) is 11.4. The van der Waals surface area contributed by atoms with E-state index in [1.54, 1.807) is 13.0 Å². The second kappa shape index (κ2) is 7.74. The predicted octanol–water partition coefficient (Wildman–Crippen LogP) is 3.02. The fraction of sp³-hybridized carbons (Fsp3) is 0.235. The topological polar surface area (TPSA) is 90.8 Å². The molecule has 3 N–H and O–H groups in total. The van der Waals surface area contributed by atoms with E-state index >= 15 is 0 Å². The molecule has 0 bridgehead atoms.